The number of halogens is 3. The number of thiophene rings is 1. The monoisotopic (exact) mass is 699 g/mol. The Morgan fingerprint density at radius 3 is 2.82 bits per heavy atom. The van der Waals surface area contributed by atoms with Gasteiger partial charge in [-0.2, -0.15) is 15.2 Å². The molecule has 3 fully saturated rings. The summed E-state index contributed by atoms with van der Waals surface area (Å²) in [5.41, 5.74) is 5.85. The molecule has 4 aliphatic rings. The third kappa shape index (κ3) is 4.57. The summed E-state index contributed by atoms with van der Waals surface area (Å²) in [5.74, 6) is -0.472. The van der Waals surface area contributed by atoms with Gasteiger partial charge in [-0.1, -0.05) is 6.58 Å². The highest BCUT2D eigenvalue weighted by Gasteiger charge is 2.49. The topological polar surface area (TPSA) is 131 Å². The van der Waals surface area contributed by atoms with Crippen molar-refractivity contribution in [3.63, 3.8) is 0 Å². The number of benzene rings is 1. The first-order valence-electron chi connectivity index (χ1n) is 16.7. The number of fused-ring (bicyclic) bond motifs is 4. The van der Waals surface area contributed by atoms with E-state index in [0.29, 0.717) is 45.4 Å². The Bertz CT molecular complexity index is 2360. The summed E-state index contributed by atoms with van der Waals surface area (Å²) in [6.07, 6.45) is 5.72. The summed E-state index contributed by atoms with van der Waals surface area (Å²) in [4.78, 5) is 32.5. The molecule has 50 heavy (non-hydrogen) atoms. The molecule has 4 aromatic heterocycles. The molecule has 0 bridgehead atoms. The molecule has 2 atom stereocenters. The molecule has 1 aromatic carbocycles. The molecule has 0 radical (unpaired) electrons. The second-order valence-electron chi connectivity index (χ2n) is 13.6. The fraction of sp³-hybridized carbons (Fsp3) is 0.400. The number of rotatable bonds is 7. The van der Waals surface area contributed by atoms with Gasteiger partial charge in [0.1, 0.15) is 52.2 Å². The van der Waals surface area contributed by atoms with Crippen molar-refractivity contribution in [2.75, 3.05) is 36.9 Å². The van der Waals surface area contributed by atoms with Crippen molar-refractivity contribution < 1.29 is 17.9 Å². The Labute approximate surface area is 288 Å². The molecule has 0 amide bonds. The van der Waals surface area contributed by atoms with Crippen molar-refractivity contribution in [3.05, 3.63) is 64.0 Å². The summed E-state index contributed by atoms with van der Waals surface area (Å²) in [6, 6.07) is 4.18. The van der Waals surface area contributed by atoms with E-state index in [-0.39, 0.29) is 67.3 Å². The Balaban J connectivity index is 1.26. The molecule has 1 saturated carbocycles. The molecule has 15 heteroatoms. The highest BCUT2D eigenvalue weighted by atomic mass is 32.1. The van der Waals surface area contributed by atoms with Gasteiger partial charge in [-0.15, -0.1) is 11.3 Å². The van der Waals surface area contributed by atoms with Gasteiger partial charge in [-0.3, -0.25) is 9.69 Å². The van der Waals surface area contributed by atoms with Gasteiger partial charge in [0.15, 0.2) is 5.82 Å². The molecule has 0 spiro atoms. The minimum Gasteiger partial charge on any atom is -0.461 e. The molecule has 256 valence electrons. The molecular weight excluding hydrogens is 668 g/mol. The lowest BCUT2D eigenvalue weighted by Gasteiger charge is -2.32. The fourth-order valence-electron chi connectivity index (χ4n) is 8.24. The number of hydrogen-bond acceptors (Lipinski definition) is 10. The van der Waals surface area contributed by atoms with Gasteiger partial charge in [0.25, 0.3) is 5.56 Å². The Kier molecular flexibility index (Phi) is 7.02. The Morgan fingerprint density at radius 2 is 2.04 bits per heavy atom. The van der Waals surface area contributed by atoms with Crippen LogP contribution < -0.4 is 20.9 Å². The van der Waals surface area contributed by atoms with Crippen LogP contribution in [0, 0.1) is 23.0 Å². The van der Waals surface area contributed by atoms with Crippen molar-refractivity contribution in [2.45, 2.75) is 62.9 Å². The third-order valence-corrected chi connectivity index (χ3v) is 11.7. The van der Waals surface area contributed by atoms with Crippen LogP contribution >= 0.6 is 11.3 Å². The molecule has 11 nitrogen and oxygen atoms in total. The normalized spacial score (nSPS) is 21.9. The van der Waals surface area contributed by atoms with Crippen LogP contribution in [0.15, 0.2) is 29.7 Å². The lowest BCUT2D eigenvalue weighted by atomic mass is 9.95. The summed E-state index contributed by atoms with van der Waals surface area (Å²) < 4.78 is 57.0. The number of nitrogens with two attached hydrogens (primary N) is 1. The minimum absolute atomic E-state index is 0.00329. The van der Waals surface area contributed by atoms with Crippen molar-refractivity contribution in [1.29, 1.82) is 5.26 Å². The lowest BCUT2D eigenvalue weighted by Crippen LogP contribution is -2.43. The third-order valence-electron chi connectivity index (χ3n) is 10.7. The SMILES string of the molecule is C=Cc1ncc2n1CCN(c1nc(OC[C@@]34CCCN3C[C@H](F)C4)nc3c(F)c(-c4ccc(F)c5sc(N)c(C#N)c45)n(C4CC4)c(=O)c13)C2. The highest BCUT2D eigenvalue weighted by Crippen LogP contribution is 2.46. The van der Waals surface area contributed by atoms with E-state index >= 15 is 8.78 Å². The summed E-state index contributed by atoms with van der Waals surface area (Å²) in [5, 5.41) is 10.2. The van der Waals surface area contributed by atoms with Gasteiger partial charge in [0, 0.05) is 43.0 Å². The van der Waals surface area contributed by atoms with Crippen LogP contribution in [-0.4, -0.2) is 66.9 Å². The number of pyridine rings is 1. The molecule has 2 saturated heterocycles. The van der Waals surface area contributed by atoms with Crippen molar-refractivity contribution >= 4 is 49.2 Å². The van der Waals surface area contributed by atoms with Crippen LogP contribution in [0.2, 0.25) is 0 Å². The van der Waals surface area contributed by atoms with Crippen LogP contribution in [0.5, 0.6) is 6.01 Å². The van der Waals surface area contributed by atoms with E-state index in [1.165, 1.54) is 16.7 Å². The smallest absolute Gasteiger partial charge is 0.319 e. The largest absolute Gasteiger partial charge is 0.461 e. The van der Waals surface area contributed by atoms with E-state index in [2.05, 4.69) is 21.4 Å². The number of hydrogen-bond donors (Lipinski definition) is 1. The number of anilines is 2. The van der Waals surface area contributed by atoms with Crippen LogP contribution in [0.1, 0.15) is 55.2 Å². The fourth-order valence-corrected chi connectivity index (χ4v) is 9.19. The Hall–Kier alpha value is -4.94. The van der Waals surface area contributed by atoms with E-state index < -0.39 is 28.9 Å². The zero-order valence-electron chi connectivity index (χ0n) is 27.0. The maximum Gasteiger partial charge on any atom is 0.319 e. The molecule has 3 aliphatic heterocycles. The van der Waals surface area contributed by atoms with Gasteiger partial charge in [0.2, 0.25) is 0 Å². The number of nitrogen functional groups attached to an aromatic ring is 1. The first kappa shape index (κ1) is 31.1. The average Bonchev–Trinajstić information content (AvgIpc) is 3.43. The first-order valence-corrected chi connectivity index (χ1v) is 17.5. The summed E-state index contributed by atoms with van der Waals surface area (Å²) in [7, 11) is 0. The summed E-state index contributed by atoms with van der Waals surface area (Å²) >= 11 is 0.904. The molecule has 1 aliphatic carbocycles. The first-order chi connectivity index (χ1) is 24.2. The van der Waals surface area contributed by atoms with E-state index in [9.17, 15) is 14.4 Å². The van der Waals surface area contributed by atoms with Gasteiger partial charge >= 0.3 is 6.01 Å². The lowest BCUT2D eigenvalue weighted by molar-refractivity contribution is 0.107. The number of nitriles is 1. The molecule has 2 N–H and O–H groups in total. The van der Waals surface area contributed by atoms with Crippen LogP contribution in [0.25, 0.3) is 38.3 Å². The number of ether oxygens (including phenoxy) is 1. The van der Waals surface area contributed by atoms with Gasteiger partial charge in [-0.25, -0.2) is 18.2 Å². The second kappa shape index (κ2) is 11.3. The highest BCUT2D eigenvalue weighted by molar-refractivity contribution is 7.23. The van der Waals surface area contributed by atoms with E-state index in [1.807, 2.05) is 15.5 Å². The quantitative estimate of drug-likeness (QED) is 0.232. The summed E-state index contributed by atoms with van der Waals surface area (Å²) in [6.45, 7) is 6.36. The van der Waals surface area contributed by atoms with Crippen LogP contribution in [0.3, 0.4) is 0 Å². The zero-order valence-corrected chi connectivity index (χ0v) is 27.8. The van der Waals surface area contributed by atoms with E-state index in [1.54, 1.807) is 12.3 Å². The Morgan fingerprint density at radius 1 is 1.20 bits per heavy atom. The predicted octanol–water partition coefficient (Wildman–Crippen LogP) is 5.56. The van der Waals surface area contributed by atoms with Crippen molar-refractivity contribution in [2.24, 2.45) is 0 Å². The predicted molar refractivity (Wildman–Crippen MR) is 184 cm³/mol. The number of nitrogens with zero attached hydrogens (tertiary/aromatic N) is 8. The molecular formula is C35H32F3N9O2S. The minimum atomic E-state index is -0.969. The van der Waals surface area contributed by atoms with Crippen molar-refractivity contribution in [1.82, 2.24) is 29.0 Å². The average molecular weight is 700 g/mol. The van der Waals surface area contributed by atoms with E-state index in [0.717, 1.165) is 42.2 Å². The maximum atomic E-state index is 17.5. The van der Waals surface area contributed by atoms with E-state index in [4.69, 9.17) is 15.5 Å². The standard InChI is InChI=1S/C35H32F3N9O2S/c1-2-24-41-14-20-16-44(10-11-46(20)24)32-26-28(42-34(43-32)49-17-35-8-3-9-45(35)15-18(36)12-35)27(38)29(47(33(26)48)19-4-5-19)21-6-7-23(37)30-25(21)22(13-39)31(40)50-30/h2,6-7,14,18-19H,1,3-5,8-12,15-17,40H2/t18-,35+/m1/s1. The van der Waals surface area contributed by atoms with Gasteiger partial charge in [-0.05, 0) is 50.4 Å². The van der Waals surface area contributed by atoms with Crippen LogP contribution in [0.4, 0.5) is 24.0 Å². The molecule has 9 rings (SSSR count). The number of imidazole rings is 1. The second-order valence-corrected chi connectivity index (χ2v) is 14.7. The molecule has 5 aromatic rings. The number of aromatic nitrogens is 5. The zero-order chi connectivity index (χ0) is 34.5. The number of alkyl halides is 1. The van der Waals surface area contributed by atoms with Gasteiger partial charge < -0.3 is 24.5 Å². The van der Waals surface area contributed by atoms with Crippen LogP contribution in [-0.2, 0) is 13.1 Å². The van der Waals surface area contributed by atoms with Crippen molar-refractivity contribution in [3.8, 4) is 23.3 Å². The molecule has 7 heterocycles. The molecule has 0 unspecified atom stereocenters. The van der Waals surface area contributed by atoms with Gasteiger partial charge in [0.05, 0.1) is 39.9 Å². The maximum absolute atomic E-state index is 17.5.